The molecule has 142 valence electrons. The molecule has 0 N–H and O–H groups in total. The highest BCUT2D eigenvalue weighted by Crippen LogP contribution is 2.32. The number of amides is 2. The summed E-state index contributed by atoms with van der Waals surface area (Å²) in [6.07, 6.45) is 0.361. The van der Waals surface area contributed by atoms with Crippen LogP contribution in [0.25, 0.3) is 0 Å². The van der Waals surface area contributed by atoms with Crippen molar-refractivity contribution in [2.75, 3.05) is 26.2 Å². The quantitative estimate of drug-likeness (QED) is 0.810. The Bertz CT molecular complexity index is 641. The van der Waals surface area contributed by atoms with E-state index in [-0.39, 0.29) is 18.8 Å². The minimum absolute atomic E-state index is 0.263. The van der Waals surface area contributed by atoms with Gasteiger partial charge < -0.3 is 19.3 Å². The highest BCUT2D eigenvalue weighted by molar-refractivity contribution is 5.69. The second kappa shape index (κ2) is 7.56. The van der Waals surface area contributed by atoms with Gasteiger partial charge in [0.15, 0.2) is 0 Å². The summed E-state index contributed by atoms with van der Waals surface area (Å²) in [6.45, 7) is 8.58. The van der Waals surface area contributed by atoms with Gasteiger partial charge in [-0.15, -0.1) is 0 Å². The van der Waals surface area contributed by atoms with Crippen LogP contribution >= 0.6 is 0 Å². The molecule has 0 saturated carbocycles. The maximum absolute atomic E-state index is 12.4. The second-order valence-corrected chi connectivity index (χ2v) is 8.18. The third-order valence-electron chi connectivity index (χ3n) is 4.92. The van der Waals surface area contributed by atoms with Gasteiger partial charge in [0.2, 0.25) is 0 Å². The number of hydrogen-bond acceptors (Lipinski definition) is 4. The standard InChI is InChI=1S/C20H28N2O4/c1-20(2,3)26-19(24)21-10-9-16-11-22(13-17(16)12-21)18(23)25-14-15-7-5-4-6-8-15/h4-8,16-17H,9-14H2,1-3H3. The average molecular weight is 360 g/mol. The summed E-state index contributed by atoms with van der Waals surface area (Å²) in [6, 6.07) is 9.68. The summed E-state index contributed by atoms with van der Waals surface area (Å²) in [5.74, 6) is 0.721. The normalized spacial score (nSPS) is 22.7. The van der Waals surface area contributed by atoms with Crippen molar-refractivity contribution in [3.8, 4) is 0 Å². The monoisotopic (exact) mass is 360 g/mol. The van der Waals surface area contributed by atoms with Gasteiger partial charge in [-0.3, -0.25) is 0 Å². The fourth-order valence-corrected chi connectivity index (χ4v) is 3.62. The molecule has 0 aliphatic carbocycles. The summed E-state index contributed by atoms with van der Waals surface area (Å²) >= 11 is 0. The summed E-state index contributed by atoms with van der Waals surface area (Å²) in [5.41, 5.74) is 0.491. The van der Waals surface area contributed by atoms with Gasteiger partial charge in [0.25, 0.3) is 0 Å². The van der Waals surface area contributed by atoms with Crippen molar-refractivity contribution in [2.45, 2.75) is 39.4 Å². The summed E-state index contributed by atoms with van der Waals surface area (Å²) < 4.78 is 10.9. The van der Waals surface area contributed by atoms with Crippen molar-refractivity contribution in [2.24, 2.45) is 11.8 Å². The molecule has 2 unspecified atom stereocenters. The number of fused-ring (bicyclic) bond motifs is 1. The van der Waals surface area contributed by atoms with Crippen LogP contribution in [0.2, 0.25) is 0 Å². The Morgan fingerprint density at radius 1 is 1.00 bits per heavy atom. The van der Waals surface area contributed by atoms with E-state index in [0.29, 0.717) is 38.0 Å². The van der Waals surface area contributed by atoms with E-state index < -0.39 is 5.60 Å². The fourth-order valence-electron chi connectivity index (χ4n) is 3.62. The molecule has 6 heteroatoms. The largest absolute Gasteiger partial charge is 0.445 e. The smallest absolute Gasteiger partial charge is 0.410 e. The molecule has 26 heavy (non-hydrogen) atoms. The lowest BCUT2D eigenvalue weighted by Crippen LogP contribution is -2.45. The number of likely N-dealkylation sites (tertiary alicyclic amines) is 2. The average Bonchev–Trinajstić information content (AvgIpc) is 3.02. The Balaban J connectivity index is 1.50. The molecule has 3 rings (SSSR count). The minimum atomic E-state index is -0.489. The molecule has 0 aromatic heterocycles. The first-order chi connectivity index (χ1) is 12.3. The molecule has 2 saturated heterocycles. The van der Waals surface area contributed by atoms with Crippen LogP contribution in [-0.4, -0.2) is 53.8 Å². The number of rotatable bonds is 2. The van der Waals surface area contributed by atoms with Gasteiger partial charge in [0, 0.05) is 26.2 Å². The summed E-state index contributed by atoms with van der Waals surface area (Å²) in [5, 5.41) is 0. The summed E-state index contributed by atoms with van der Waals surface area (Å²) in [4.78, 5) is 28.2. The van der Waals surface area contributed by atoms with Crippen molar-refractivity contribution < 1.29 is 19.1 Å². The van der Waals surface area contributed by atoms with Gasteiger partial charge in [0.05, 0.1) is 0 Å². The highest BCUT2D eigenvalue weighted by atomic mass is 16.6. The van der Waals surface area contributed by atoms with E-state index in [4.69, 9.17) is 9.47 Å². The molecule has 2 fully saturated rings. The van der Waals surface area contributed by atoms with E-state index in [9.17, 15) is 9.59 Å². The van der Waals surface area contributed by atoms with Crippen LogP contribution in [0.15, 0.2) is 30.3 Å². The lowest BCUT2D eigenvalue weighted by Gasteiger charge is -2.35. The number of hydrogen-bond donors (Lipinski definition) is 0. The molecule has 2 aliphatic rings. The molecule has 1 aromatic carbocycles. The fraction of sp³-hybridized carbons (Fsp3) is 0.600. The zero-order chi connectivity index (χ0) is 18.7. The van der Waals surface area contributed by atoms with Gasteiger partial charge in [0.1, 0.15) is 12.2 Å². The van der Waals surface area contributed by atoms with Gasteiger partial charge in [-0.05, 0) is 44.6 Å². The van der Waals surface area contributed by atoms with Crippen LogP contribution in [0, 0.1) is 11.8 Å². The van der Waals surface area contributed by atoms with E-state index in [1.807, 2.05) is 51.1 Å². The van der Waals surface area contributed by atoms with E-state index in [0.717, 1.165) is 12.0 Å². The number of ether oxygens (including phenoxy) is 2. The Morgan fingerprint density at radius 2 is 1.65 bits per heavy atom. The van der Waals surface area contributed by atoms with Crippen LogP contribution in [0.3, 0.4) is 0 Å². The van der Waals surface area contributed by atoms with Gasteiger partial charge in [-0.1, -0.05) is 30.3 Å². The second-order valence-electron chi connectivity index (χ2n) is 8.18. The first kappa shape index (κ1) is 18.5. The van der Waals surface area contributed by atoms with Crippen LogP contribution in [0.1, 0.15) is 32.8 Å². The molecule has 6 nitrogen and oxygen atoms in total. The van der Waals surface area contributed by atoms with Crippen LogP contribution in [0.4, 0.5) is 9.59 Å². The lowest BCUT2D eigenvalue weighted by atomic mass is 9.89. The molecule has 2 aliphatic heterocycles. The van der Waals surface area contributed by atoms with Crippen molar-refractivity contribution in [1.29, 1.82) is 0 Å². The number of carbonyl (C=O) groups is 2. The predicted octanol–water partition coefficient (Wildman–Crippen LogP) is 3.51. The van der Waals surface area contributed by atoms with Crippen molar-refractivity contribution in [3.05, 3.63) is 35.9 Å². The molecule has 2 amide bonds. The minimum Gasteiger partial charge on any atom is -0.445 e. The molecule has 0 spiro atoms. The molecule has 2 heterocycles. The van der Waals surface area contributed by atoms with Gasteiger partial charge >= 0.3 is 12.2 Å². The Kier molecular flexibility index (Phi) is 5.39. The maximum atomic E-state index is 12.4. The molecule has 1 aromatic rings. The Labute approximate surface area is 155 Å². The first-order valence-corrected chi connectivity index (χ1v) is 9.25. The zero-order valence-electron chi connectivity index (χ0n) is 15.8. The number of benzene rings is 1. The Hall–Kier alpha value is -2.24. The molecular weight excluding hydrogens is 332 g/mol. The first-order valence-electron chi connectivity index (χ1n) is 9.25. The van der Waals surface area contributed by atoms with Crippen LogP contribution in [0.5, 0.6) is 0 Å². The van der Waals surface area contributed by atoms with Crippen molar-refractivity contribution >= 4 is 12.2 Å². The molecule has 2 atom stereocenters. The van der Waals surface area contributed by atoms with Crippen molar-refractivity contribution in [3.63, 3.8) is 0 Å². The van der Waals surface area contributed by atoms with Gasteiger partial charge in [-0.25, -0.2) is 9.59 Å². The topological polar surface area (TPSA) is 59.1 Å². The number of nitrogens with zero attached hydrogens (tertiary/aromatic N) is 2. The van der Waals surface area contributed by atoms with Gasteiger partial charge in [-0.2, -0.15) is 0 Å². The molecule has 0 radical (unpaired) electrons. The molecule has 0 bridgehead atoms. The third-order valence-corrected chi connectivity index (χ3v) is 4.92. The SMILES string of the molecule is CC(C)(C)OC(=O)N1CCC2CN(C(=O)OCc3ccccc3)CC2C1. The number of piperidine rings is 1. The molecular formula is C20H28N2O4. The van der Waals surface area contributed by atoms with Crippen molar-refractivity contribution in [1.82, 2.24) is 9.80 Å². The maximum Gasteiger partial charge on any atom is 0.410 e. The van der Waals surface area contributed by atoms with Crippen LogP contribution in [-0.2, 0) is 16.1 Å². The Morgan fingerprint density at radius 3 is 2.35 bits per heavy atom. The zero-order valence-corrected chi connectivity index (χ0v) is 15.8. The van der Waals surface area contributed by atoms with E-state index >= 15 is 0 Å². The van der Waals surface area contributed by atoms with E-state index in [2.05, 4.69) is 0 Å². The number of carbonyl (C=O) groups excluding carboxylic acids is 2. The van der Waals surface area contributed by atoms with E-state index in [1.54, 1.807) is 9.80 Å². The van der Waals surface area contributed by atoms with Crippen LogP contribution < -0.4 is 0 Å². The summed E-state index contributed by atoms with van der Waals surface area (Å²) in [7, 11) is 0. The predicted molar refractivity (Wildman–Crippen MR) is 97.6 cm³/mol. The third kappa shape index (κ3) is 4.68. The lowest BCUT2D eigenvalue weighted by molar-refractivity contribution is 0.0139. The van der Waals surface area contributed by atoms with E-state index in [1.165, 1.54) is 0 Å². The highest BCUT2D eigenvalue weighted by Gasteiger charge is 2.41.